The maximum Gasteiger partial charge on any atom is 0.302 e. The van der Waals surface area contributed by atoms with Gasteiger partial charge in [0.25, 0.3) is 5.91 Å². The van der Waals surface area contributed by atoms with Crippen molar-refractivity contribution in [3.05, 3.63) is 30.3 Å². The second kappa shape index (κ2) is 5.55. The van der Waals surface area contributed by atoms with Crippen LogP contribution < -0.4 is 5.01 Å². The quantitative estimate of drug-likeness (QED) is 0.786. The smallest absolute Gasteiger partial charge is 0.302 e. The maximum absolute atomic E-state index is 12.5. The summed E-state index contributed by atoms with van der Waals surface area (Å²) >= 11 is 0. The molecule has 1 heterocycles. The van der Waals surface area contributed by atoms with E-state index < -0.39 is 11.4 Å². The molecule has 0 aromatic heterocycles. The summed E-state index contributed by atoms with van der Waals surface area (Å²) in [5, 5.41) is 2.73. The predicted molar refractivity (Wildman–Crippen MR) is 76.1 cm³/mol. The predicted octanol–water partition coefficient (Wildman–Crippen LogP) is 1.37. The molecular weight excluding hydrogens is 272 g/mol. The number of benzene rings is 1. The van der Waals surface area contributed by atoms with Gasteiger partial charge in [-0.25, -0.2) is 0 Å². The lowest BCUT2D eigenvalue weighted by molar-refractivity contribution is -0.150. The number of anilines is 1. The Morgan fingerprint density at radius 3 is 2.38 bits per heavy atom. The number of carbonyl (C=O) groups is 3. The second-order valence-electron chi connectivity index (χ2n) is 5.37. The van der Waals surface area contributed by atoms with Crippen LogP contribution in [-0.4, -0.2) is 35.9 Å². The Bertz CT molecular complexity index is 572. The molecule has 0 spiro atoms. The van der Waals surface area contributed by atoms with Crippen LogP contribution in [0.2, 0.25) is 0 Å². The Kier molecular flexibility index (Phi) is 3.97. The van der Waals surface area contributed by atoms with E-state index in [0.29, 0.717) is 0 Å². The molecule has 0 unspecified atom stereocenters. The molecule has 1 fully saturated rings. The van der Waals surface area contributed by atoms with Gasteiger partial charge in [0.15, 0.2) is 0 Å². The minimum atomic E-state index is -0.937. The molecule has 2 amide bonds. The van der Waals surface area contributed by atoms with Gasteiger partial charge in [-0.2, -0.15) is 5.01 Å². The molecule has 1 atom stereocenters. The number of carbonyl (C=O) groups excluding carboxylic acids is 3. The number of imide groups is 1. The number of amides is 2. The molecule has 2 rings (SSSR count). The van der Waals surface area contributed by atoms with Crippen molar-refractivity contribution in [3.8, 4) is 0 Å². The fraction of sp³-hybridized carbons (Fsp3) is 0.400. The lowest BCUT2D eigenvalue weighted by Gasteiger charge is -2.26. The van der Waals surface area contributed by atoms with Crippen molar-refractivity contribution in [1.82, 2.24) is 5.01 Å². The fourth-order valence-electron chi connectivity index (χ4n) is 2.32. The first-order chi connectivity index (χ1) is 9.85. The van der Waals surface area contributed by atoms with Crippen LogP contribution in [0.15, 0.2) is 30.3 Å². The van der Waals surface area contributed by atoms with Gasteiger partial charge in [-0.15, -0.1) is 0 Å². The van der Waals surface area contributed by atoms with Gasteiger partial charge in [-0.1, -0.05) is 18.2 Å². The fourth-order valence-corrected chi connectivity index (χ4v) is 2.32. The Morgan fingerprint density at radius 1 is 1.24 bits per heavy atom. The highest BCUT2D eigenvalue weighted by Gasteiger charge is 2.50. The topological polar surface area (TPSA) is 66.9 Å². The Labute approximate surface area is 123 Å². The standard InChI is InChI=1S/C15H18N2O4/c1-11(18)17-14(20)15(3,10-21-12(2)19)9-16(17)13-7-5-4-6-8-13/h4-8H,9-10H2,1-3H3/t15-/m0/s1. The minimum Gasteiger partial charge on any atom is -0.465 e. The third kappa shape index (κ3) is 2.89. The average Bonchev–Trinajstić information content (AvgIpc) is 2.71. The first-order valence-electron chi connectivity index (χ1n) is 6.66. The van der Waals surface area contributed by atoms with E-state index in [1.807, 2.05) is 30.3 Å². The first-order valence-corrected chi connectivity index (χ1v) is 6.66. The molecule has 0 bridgehead atoms. The normalized spacial score (nSPS) is 21.6. The van der Waals surface area contributed by atoms with E-state index in [2.05, 4.69) is 0 Å². The van der Waals surface area contributed by atoms with Crippen LogP contribution >= 0.6 is 0 Å². The number of para-hydroxylation sites is 1. The summed E-state index contributed by atoms with van der Waals surface area (Å²) in [5.74, 6) is -1.17. The van der Waals surface area contributed by atoms with Crippen LogP contribution in [-0.2, 0) is 19.1 Å². The summed E-state index contributed by atoms with van der Waals surface area (Å²) in [6.45, 7) is 4.56. The van der Waals surface area contributed by atoms with Gasteiger partial charge >= 0.3 is 5.97 Å². The van der Waals surface area contributed by atoms with Gasteiger partial charge in [-0.05, 0) is 19.1 Å². The van der Waals surface area contributed by atoms with Crippen molar-refractivity contribution >= 4 is 23.5 Å². The summed E-state index contributed by atoms with van der Waals surface area (Å²) in [6, 6.07) is 9.17. The molecule has 0 aliphatic carbocycles. The van der Waals surface area contributed by atoms with Crippen molar-refractivity contribution in [2.75, 3.05) is 18.2 Å². The SMILES string of the molecule is CC(=O)OC[C@]1(C)CN(c2ccccc2)N(C(C)=O)C1=O. The molecule has 1 aliphatic rings. The van der Waals surface area contributed by atoms with Crippen molar-refractivity contribution in [3.63, 3.8) is 0 Å². The van der Waals surface area contributed by atoms with Crippen LogP contribution in [0.4, 0.5) is 5.69 Å². The lowest BCUT2D eigenvalue weighted by Crippen LogP contribution is -2.43. The van der Waals surface area contributed by atoms with Gasteiger partial charge in [0.05, 0.1) is 12.2 Å². The highest BCUT2D eigenvalue weighted by Crippen LogP contribution is 2.34. The van der Waals surface area contributed by atoms with Crippen LogP contribution in [0.1, 0.15) is 20.8 Å². The highest BCUT2D eigenvalue weighted by molar-refractivity contribution is 6.01. The van der Waals surface area contributed by atoms with E-state index in [-0.39, 0.29) is 25.0 Å². The van der Waals surface area contributed by atoms with Crippen molar-refractivity contribution < 1.29 is 19.1 Å². The number of rotatable bonds is 3. The van der Waals surface area contributed by atoms with Crippen molar-refractivity contribution in [2.45, 2.75) is 20.8 Å². The summed E-state index contributed by atoms with van der Waals surface area (Å²) in [5.41, 5.74) is -0.194. The Morgan fingerprint density at radius 2 is 1.86 bits per heavy atom. The van der Waals surface area contributed by atoms with Gasteiger partial charge in [0.2, 0.25) is 5.91 Å². The molecule has 0 N–H and O–H groups in total. The zero-order valence-corrected chi connectivity index (χ0v) is 12.3. The van der Waals surface area contributed by atoms with Crippen LogP contribution in [0, 0.1) is 5.41 Å². The van der Waals surface area contributed by atoms with E-state index >= 15 is 0 Å². The van der Waals surface area contributed by atoms with Gasteiger partial charge in [0, 0.05) is 13.8 Å². The van der Waals surface area contributed by atoms with E-state index in [0.717, 1.165) is 10.7 Å². The second-order valence-corrected chi connectivity index (χ2v) is 5.37. The number of hydrogen-bond donors (Lipinski definition) is 0. The first kappa shape index (κ1) is 15.0. The molecule has 1 aliphatic heterocycles. The molecule has 1 saturated heterocycles. The van der Waals surface area contributed by atoms with E-state index in [9.17, 15) is 14.4 Å². The van der Waals surface area contributed by atoms with Crippen LogP contribution in [0.3, 0.4) is 0 Å². The number of esters is 1. The van der Waals surface area contributed by atoms with Gasteiger partial charge < -0.3 is 4.74 Å². The zero-order chi connectivity index (χ0) is 15.6. The zero-order valence-electron chi connectivity index (χ0n) is 12.3. The lowest BCUT2D eigenvalue weighted by atomic mass is 9.92. The van der Waals surface area contributed by atoms with Gasteiger partial charge in [0.1, 0.15) is 12.0 Å². The van der Waals surface area contributed by atoms with Crippen molar-refractivity contribution in [1.29, 1.82) is 0 Å². The third-order valence-corrected chi connectivity index (χ3v) is 3.40. The monoisotopic (exact) mass is 290 g/mol. The minimum absolute atomic E-state index is 0.0473. The number of nitrogens with zero attached hydrogens (tertiary/aromatic N) is 2. The molecule has 112 valence electrons. The van der Waals surface area contributed by atoms with E-state index in [1.54, 1.807) is 11.9 Å². The molecule has 1 aromatic rings. The maximum atomic E-state index is 12.5. The molecule has 21 heavy (non-hydrogen) atoms. The largest absolute Gasteiger partial charge is 0.465 e. The summed E-state index contributed by atoms with van der Waals surface area (Å²) in [4.78, 5) is 35.3. The molecule has 0 radical (unpaired) electrons. The number of ether oxygens (including phenoxy) is 1. The third-order valence-electron chi connectivity index (χ3n) is 3.40. The highest BCUT2D eigenvalue weighted by atomic mass is 16.5. The Balaban J connectivity index is 2.32. The molecule has 0 saturated carbocycles. The summed E-state index contributed by atoms with van der Waals surface area (Å²) in [7, 11) is 0. The Hall–Kier alpha value is -2.37. The van der Waals surface area contributed by atoms with Crippen LogP contribution in [0.5, 0.6) is 0 Å². The molecule has 6 heteroatoms. The average molecular weight is 290 g/mol. The van der Waals surface area contributed by atoms with Crippen molar-refractivity contribution in [2.24, 2.45) is 5.41 Å². The number of hydrazine groups is 1. The van der Waals surface area contributed by atoms with E-state index in [1.165, 1.54) is 13.8 Å². The molecule has 1 aromatic carbocycles. The van der Waals surface area contributed by atoms with Gasteiger partial charge in [-0.3, -0.25) is 19.4 Å². The molecule has 6 nitrogen and oxygen atoms in total. The van der Waals surface area contributed by atoms with Crippen LogP contribution in [0.25, 0.3) is 0 Å². The number of hydrogen-bond acceptors (Lipinski definition) is 5. The molecular formula is C15H18N2O4. The summed E-state index contributed by atoms with van der Waals surface area (Å²) < 4.78 is 4.99. The summed E-state index contributed by atoms with van der Waals surface area (Å²) in [6.07, 6.45) is 0. The van der Waals surface area contributed by atoms with E-state index in [4.69, 9.17) is 4.74 Å².